The second kappa shape index (κ2) is 5.75. The summed E-state index contributed by atoms with van der Waals surface area (Å²) >= 11 is 0. The van der Waals surface area contributed by atoms with Crippen LogP contribution >= 0.6 is 0 Å². The van der Waals surface area contributed by atoms with Gasteiger partial charge in [0.25, 0.3) is 0 Å². The zero-order chi connectivity index (χ0) is 14.7. The van der Waals surface area contributed by atoms with Gasteiger partial charge in [-0.15, -0.1) is 0 Å². The Morgan fingerprint density at radius 1 is 1.24 bits per heavy atom. The predicted molar refractivity (Wildman–Crippen MR) is 82.4 cm³/mol. The lowest BCUT2D eigenvalue weighted by Gasteiger charge is -2.10. The van der Waals surface area contributed by atoms with E-state index < -0.39 is 0 Å². The van der Waals surface area contributed by atoms with Crippen molar-refractivity contribution in [2.45, 2.75) is 20.0 Å². The fourth-order valence-electron chi connectivity index (χ4n) is 2.35. The normalized spacial score (nSPS) is 10.7. The third kappa shape index (κ3) is 2.50. The maximum atomic E-state index is 11.3. The predicted octanol–water partition coefficient (Wildman–Crippen LogP) is 2.88. The summed E-state index contributed by atoms with van der Waals surface area (Å²) in [7, 11) is 0. The number of nitrogens with zero attached hydrogens (tertiary/aromatic N) is 3. The number of aryl methyl sites for hydroxylation is 1. The van der Waals surface area contributed by atoms with Gasteiger partial charge in [-0.2, -0.15) is 5.10 Å². The van der Waals surface area contributed by atoms with E-state index >= 15 is 0 Å². The molecule has 0 aliphatic heterocycles. The van der Waals surface area contributed by atoms with E-state index in [1.165, 1.54) is 0 Å². The second-order valence-electron chi connectivity index (χ2n) is 4.74. The second-order valence-corrected chi connectivity index (χ2v) is 4.74. The van der Waals surface area contributed by atoms with Gasteiger partial charge in [-0.05, 0) is 12.5 Å². The van der Waals surface area contributed by atoms with E-state index in [0.29, 0.717) is 12.1 Å². The van der Waals surface area contributed by atoms with Crippen molar-refractivity contribution in [3.63, 3.8) is 0 Å². The number of nitrogens with one attached hydrogen (secondary N) is 1. The lowest BCUT2D eigenvalue weighted by molar-refractivity contribution is 0.112. The van der Waals surface area contributed by atoms with Crippen molar-refractivity contribution in [1.82, 2.24) is 14.8 Å². The Bertz CT molecular complexity index is 765. The highest BCUT2D eigenvalue weighted by molar-refractivity contribution is 5.98. The summed E-state index contributed by atoms with van der Waals surface area (Å²) in [5, 5.41) is 8.51. The highest BCUT2D eigenvalue weighted by Gasteiger charge is 2.12. The van der Waals surface area contributed by atoms with E-state index in [0.717, 1.165) is 35.1 Å². The molecule has 1 N–H and O–H groups in total. The van der Waals surface area contributed by atoms with Crippen LogP contribution in [0.3, 0.4) is 0 Å². The Balaban J connectivity index is 1.99. The van der Waals surface area contributed by atoms with Gasteiger partial charge >= 0.3 is 0 Å². The number of hydrogen-bond donors (Lipinski definition) is 1. The van der Waals surface area contributed by atoms with Crippen LogP contribution in [0.5, 0.6) is 0 Å². The molecule has 0 fully saturated rings. The van der Waals surface area contributed by atoms with Crippen molar-refractivity contribution >= 4 is 23.0 Å². The zero-order valence-electron chi connectivity index (χ0n) is 11.8. The molecular formula is C16H16N4O. The zero-order valence-corrected chi connectivity index (χ0v) is 11.8. The molecule has 0 aliphatic carbocycles. The highest BCUT2D eigenvalue weighted by atomic mass is 16.1. The average molecular weight is 280 g/mol. The molecule has 3 aromatic rings. The number of aromatic nitrogens is 3. The van der Waals surface area contributed by atoms with Crippen molar-refractivity contribution in [3.05, 3.63) is 53.9 Å². The first-order chi connectivity index (χ1) is 10.3. The molecule has 0 aliphatic rings. The van der Waals surface area contributed by atoms with Gasteiger partial charge in [-0.1, -0.05) is 30.3 Å². The van der Waals surface area contributed by atoms with Crippen molar-refractivity contribution in [2.24, 2.45) is 0 Å². The summed E-state index contributed by atoms with van der Waals surface area (Å²) in [6.45, 7) is 3.41. The van der Waals surface area contributed by atoms with E-state index in [1.807, 2.05) is 41.9 Å². The molecule has 0 saturated carbocycles. The van der Waals surface area contributed by atoms with Crippen LogP contribution in [0, 0.1) is 0 Å². The van der Waals surface area contributed by atoms with Gasteiger partial charge in [0.15, 0.2) is 11.9 Å². The number of fused-ring (bicyclic) bond motifs is 1. The van der Waals surface area contributed by atoms with Gasteiger partial charge in [0.1, 0.15) is 0 Å². The minimum atomic E-state index is 0.550. The molecule has 0 spiro atoms. The van der Waals surface area contributed by atoms with Gasteiger partial charge in [0, 0.05) is 19.3 Å². The molecule has 1 aromatic carbocycles. The monoisotopic (exact) mass is 280 g/mol. The fourth-order valence-corrected chi connectivity index (χ4v) is 2.35. The Kier molecular flexibility index (Phi) is 3.64. The number of rotatable bonds is 5. The van der Waals surface area contributed by atoms with E-state index in [1.54, 1.807) is 12.4 Å². The third-order valence-corrected chi connectivity index (χ3v) is 3.43. The molecule has 5 nitrogen and oxygen atoms in total. The van der Waals surface area contributed by atoms with Crippen molar-refractivity contribution in [3.8, 4) is 0 Å². The van der Waals surface area contributed by atoms with Crippen LogP contribution in [0.1, 0.15) is 22.8 Å². The van der Waals surface area contributed by atoms with Gasteiger partial charge in [0.05, 0.1) is 22.8 Å². The standard InChI is InChI=1S/C16H16N4O/c1-2-20-16-14(10-19-20)15(13(11-21)9-18-16)17-8-12-6-4-3-5-7-12/h3-7,9-11H,2,8H2,1H3,(H,17,18). The van der Waals surface area contributed by atoms with Crippen LogP contribution < -0.4 is 5.32 Å². The number of carbonyl (C=O) groups excluding carboxylic acids is 1. The first kappa shape index (κ1) is 13.3. The Morgan fingerprint density at radius 2 is 2.05 bits per heavy atom. The number of anilines is 1. The maximum absolute atomic E-state index is 11.3. The van der Waals surface area contributed by atoms with Gasteiger partial charge in [0.2, 0.25) is 0 Å². The quantitative estimate of drug-likeness (QED) is 0.730. The smallest absolute Gasteiger partial charge is 0.159 e. The highest BCUT2D eigenvalue weighted by Crippen LogP contribution is 2.25. The third-order valence-electron chi connectivity index (χ3n) is 3.43. The molecule has 3 rings (SSSR count). The molecule has 5 heteroatoms. The van der Waals surface area contributed by atoms with Crippen molar-refractivity contribution in [1.29, 1.82) is 0 Å². The number of benzene rings is 1. The number of hydrogen-bond acceptors (Lipinski definition) is 4. The van der Waals surface area contributed by atoms with Crippen LogP contribution in [-0.4, -0.2) is 21.1 Å². The topological polar surface area (TPSA) is 59.8 Å². The molecule has 0 unspecified atom stereocenters. The van der Waals surface area contributed by atoms with Gasteiger partial charge < -0.3 is 5.32 Å². The van der Waals surface area contributed by atoms with Crippen molar-refractivity contribution < 1.29 is 4.79 Å². The lowest BCUT2D eigenvalue weighted by Crippen LogP contribution is -2.04. The summed E-state index contributed by atoms with van der Waals surface area (Å²) in [6, 6.07) is 10.1. The SMILES string of the molecule is CCn1ncc2c(NCc3ccccc3)c(C=O)cnc21. The minimum absolute atomic E-state index is 0.550. The van der Waals surface area contributed by atoms with E-state index in [4.69, 9.17) is 0 Å². The molecule has 2 aromatic heterocycles. The van der Waals surface area contributed by atoms with Crippen LogP contribution in [0.25, 0.3) is 11.0 Å². The molecule has 21 heavy (non-hydrogen) atoms. The largest absolute Gasteiger partial charge is 0.380 e. The Morgan fingerprint density at radius 3 is 2.76 bits per heavy atom. The molecule has 0 radical (unpaired) electrons. The number of aldehydes is 1. The number of pyridine rings is 1. The summed E-state index contributed by atoms with van der Waals surface area (Å²) in [6.07, 6.45) is 4.17. The molecule has 0 bridgehead atoms. The summed E-state index contributed by atoms with van der Waals surface area (Å²) in [4.78, 5) is 15.6. The maximum Gasteiger partial charge on any atom is 0.159 e. The first-order valence-electron chi connectivity index (χ1n) is 6.91. The minimum Gasteiger partial charge on any atom is -0.380 e. The van der Waals surface area contributed by atoms with E-state index in [-0.39, 0.29) is 0 Å². The molecule has 2 heterocycles. The number of carbonyl (C=O) groups is 1. The average Bonchev–Trinajstić information content (AvgIpc) is 2.96. The Hall–Kier alpha value is -2.69. The summed E-state index contributed by atoms with van der Waals surface area (Å²) in [5.74, 6) is 0. The van der Waals surface area contributed by atoms with E-state index in [9.17, 15) is 4.79 Å². The van der Waals surface area contributed by atoms with Crippen LogP contribution in [0.4, 0.5) is 5.69 Å². The van der Waals surface area contributed by atoms with E-state index in [2.05, 4.69) is 15.4 Å². The van der Waals surface area contributed by atoms with Crippen molar-refractivity contribution in [2.75, 3.05) is 5.32 Å². The fraction of sp³-hybridized carbons (Fsp3) is 0.188. The van der Waals surface area contributed by atoms with Crippen LogP contribution in [0.2, 0.25) is 0 Å². The van der Waals surface area contributed by atoms with Crippen LogP contribution in [0.15, 0.2) is 42.7 Å². The summed E-state index contributed by atoms with van der Waals surface area (Å²) in [5.41, 5.74) is 3.29. The Labute approximate surface area is 122 Å². The van der Waals surface area contributed by atoms with Crippen LogP contribution in [-0.2, 0) is 13.1 Å². The molecular weight excluding hydrogens is 264 g/mol. The molecule has 106 valence electrons. The molecule has 0 amide bonds. The van der Waals surface area contributed by atoms with Gasteiger partial charge in [-0.3, -0.25) is 4.79 Å². The molecule has 0 saturated heterocycles. The van der Waals surface area contributed by atoms with Gasteiger partial charge in [-0.25, -0.2) is 9.67 Å². The lowest BCUT2D eigenvalue weighted by atomic mass is 10.1. The first-order valence-corrected chi connectivity index (χ1v) is 6.91. The molecule has 0 atom stereocenters. The summed E-state index contributed by atoms with van der Waals surface area (Å²) < 4.78 is 1.82.